The molecular weight excluding hydrogens is 264 g/mol. The largest absolute Gasteiger partial charge is 0.486 e. The molecule has 0 saturated carbocycles. The van der Waals surface area contributed by atoms with Crippen molar-refractivity contribution < 1.29 is 9.47 Å². The molecule has 4 nitrogen and oxygen atoms in total. The molecule has 0 bridgehead atoms. The van der Waals surface area contributed by atoms with Gasteiger partial charge in [0.15, 0.2) is 11.5 Å². The number of hydrogen-bond donors (Lipinski definition) is 2. The Bertz CT molecular complexity index is 584. The van der Waals surface area contributed by atoms with Crippen LogP contribution in [0.4, 0.5) is 5.69 Å². The lowest BCUT2D eigenvalue weighted by Gasteiger charge is -2.26. The van der Waals surface area contributed by atoms with E-state index in [0.29, 0.717) is 6.61 Å². The van der Waals surface area contributed by atoms with Gasteiger partial charge in [-0.15, -0.1) is 0 Å². The van der Waals surface area contributed by atoms with Crippen molar-refractivity contribution in [2.45, 2.75) is 12.5 Å². The zero-order valence-electron chi connectivity index (χ0n) is 11.9. The Balaban J connectivity index is 1.41. The highest BCUT2D eigenvalue weighted by molar-refractivity contribution is 5.41. The number of benzene rings is 2. The van der Waals surface area contributed by atoms with Crippen LogP contribution in [0.2, 0.25) is 0 Å². The maximum absolute atomic E-state index is 5.90. The van der Waals surface area contributed by atoms with Gasteiger partial charge in [0.25, 0.3) is 0 Å². The number of ether oxygens (including phenoxy) is 2. The Labute approximate surface area is 124 Å². The highest BCUT2D eigenvalue weighted by Crippen LogP contribution is 2.30. The Kier molecular flexibility index (Phi) is 4.26. The molecular formula is C17H20N2O2. The summed E-state index contributed by atoms with van der Waals surface area (Å²) in [7, 11) is 0. The number of nitrogens with one attached hydrogen (secondary N) is 1. The quantitative estimate of drug-likeness (QED) is 0.653. The zero-order chi connectivity index (χ0) is 14.5. The monoisotopic (exact) mass is 284 g/mol. The van der Waals surface area contributed by atoms with Crippen molar-refractivity contribution in [1.82, 2.24) is 5.32 Å². The topological polar surface area (TPSA) is 56.5 Å². The lowest BCUT2D eigenvalue weighted by atomic mass is 10.1. The van der Waals surface area contributed by atoms with Crippen LogP contribution in [-0.4, -0.2) is 25.8 Å². The number of para-hydroxylation sites is 2. The molecule has 0 saturated heterocycles. The average molecular weight is 284 g/mol. The molecule has 1 heterocycles. The number of nitrogens with two attached hydrogens (primary N) is 1. The van der Waals surface area contributed by atoms with Gasteiger partial charge in [-0.2, -0.15) is 0 Å². The van der Waals surface area contributed by atoms with E-state index in [4.69, 9.17) is 15.2 Å². The summed E-state index contributed by atoms with van der Waals surface area (Å²) in [5.41, 5.74) is 7.76. The Morgan fingerprint density at radius 2 is 1.81 bits per heavy atom. The molecule has 1 aliphatic rings. The van der Waals surface area contributed by atoms with Gasteiger partial charge in [0.2, 0.25) is 0 Å². The molecule has 21 heavy (non-hydrogen) atoms. The summed E-state index contributed by atoms with van der Waals surface area (Å²) < 4.78 is 11.6. The molecule has 2 aromatic rings. The third-order valence-electron chi connectivity index (χ3n) is 3.51. The van der Waals surface area contributed by atoms with Crippen LogP contribution in [0.25, 0.3) is 0 Å². The first-order chi connectivity index (χ1) is 10.3. The molecule has 110 valence electrons. The van der Waals surface area contributed by atoms with Crippen molar-refractivity contribution in [2.24, 2.45) is 0 Å². The van der Waals surface area contributed by atoms with Crippen molar-refractivity contribution in [3.05, 3.63) is 54.1 Å². The molecule has 1 aliphatic heterocycles. The van der Waals surface area contributed by atoms with Crippen LogP contribution in [0.5, 0.6) is 11.5 Å². The Hall–Kier alpha value is -2.20. The minimum atomic E-state index is 0.0614. The number of nitrogen functional groups attached to an aromatic ring is 1. The molecule has 1 unspecified atom stereocenters. The van der Waals surface area contributed by atoms with Crippen LogP contribution < -0.4 is 20.5 Å². The van der Waals surface area contributed by atoms with Gasteiger partial charge >= 0.3 is 0 Å². The maximum Gasteiger partial charge on any atom is 0.161 e. The van der Waals surface area contributed by atoms with Gasteiger partial charge in [-0.3, -0.25) is 0 Å². The van der Waals surface area contributed by atoms with Crippen LogP contribution in [0.3, 0.4) is 0 Å². The summed E-state index contributed by atoms with van der Waals surface area (Å²) >= 11 is 0. The third kappa shape index (κ3) is 3.67. The molecule has 0 radical (unpaired) electrons. The van der Waals surface area contributed by atoms with E-state index in [2.05, 4.69) is 17.4 Å². The lowest BCUT2D eigenvalue weighted by Crippen LogP contribution is -2.39. The van der Waals surface area contributed by atoms with Gasteiger partial charge in [-0.25, -0.2) is 0 Å². The molecule has 0 fully saturated rings. The van der Waals surface area contributed by atoms with E-state index in [9.17, 15) is 0 Å². The van der Waals surface area contributed by atoms with E-state index in [0.717, 1.165) is 36.7 Å². The summed E-state index contributed by atoms with van der Waals surface area (Å²) in [5.74, 6) is 1.66. The van der Waals surface area contributed by atoms with E-state index in [1.54, 1.807) is 0 Å². The molecule has 1 atom stereocenters. The molecule has 0 spiro atoms. The predicted molar refractivity (Wildman–Crippen MR) is 83.8 cm³/mol. The van der Waals surface area contributed by atoms with Gasteiger partial charge < -0.3 is 20.5 Å². The van der Waals surface area contributed by atoms with E-state index in [1.165, 1.54) is 5.56 Å². The third-order valence-corrected chi connectivity index (χ3v) is 3.51. The Morgan fingerprint density at radius 1 is 1.05 bits per heavy atom. The van der Waals surface area contributed by atoms with Crippen LogP contribution in [0.1, 0.15) is 5.56 Å². The second-order valence-corrected chi connectivity index (χ2v) is 5.19. The number of hydrogen-bond acceptors (Lipinski definition) is 4. The highest BCUT2D eigenvalue weighted by atomic mass is 16.6. The van der Waals surface area contributed by atoms with Crippen LogP contribution in [-0.2, 0) is 6.42 Å². The van der Waals surface area contributed by atoms with Crippen molar-refractivity contribution in [3.63, 3.8) is 0 Å². The van der Waals surface area contributed by atoms with Gasteiger partial charge in [-0.05, 0) is 42.8 Å². The van der Waals surface area contributed by atoms with Crippen LogP contribution >= 0.6 is 0 Å². The number of anilines is 1. The molecule has 4 heteroatoms. The molecule has 2 aromatic carbocycles. The minimum absolute atomic E-state index is 0.0614. The number of rotatable bonds is 5. The minimum Gasteiger partial charge on any atom is -0.486 e. The lowest BCUT2D eigenvalue weighted by molar-refractivity contribution is 0.0906. The SMILES string of the molecule is Nc1ccc(CCNCC2COc3ccccc3O2)cc1. The van der Waals surface area contributed by atoms with Gasteiger partial charge in [0.1, 0.15) is 12.7 Å². The van der Waals surface area contributed by atoms with Crippen molar-refractivity contribution in [3.8, 4) is 11.5 Å². The second kappa shape index (κ2) is 6.50. The molecule has 3 N–H and O–H groups in total. The van der Waals surface area contributed by atoms with Gasteiger partial charge in [0, 0.05) is 12.2 Å². The van der Waals surface area contributed by atoms with Crippen molar-refractivity contribution in [2.75, 3.05) is 25.4 Å². The zero-order valence-corrected chi connectivity index (χ0v) is 11.9. The first-order valence-corrected chi connectivity index (χ1v) is 7.25. The van der Waals surface area contributed by atoms with E-state index in [-0.39, 0.29) is 6.10 Å². The van der Waals surface area contributed by atoms with Crippen molar-refractivity contribution in [1.29, 1.82) is 0 Å². The number of fused-ring (bicyclic) bond motifs is 1. The summed E-state index contributed by atoms with van der Waals surface area (Å²) in [5, 5.41) is 3.41. The highest BCUT2D eigenvalue weighted by Gasteiger charge is 2.19. The van der Waals surface area contributed by atoms with E-state index >= 15 is 0 Å². The van der Waals surface area contributed by atoms with Crippen molar-refractivity contribution >= 4 is 5.69 Å². The summed E-state index contributed by atoms with van der Waals surface area (Å²) in [4.78, 5) is 0. The summed E-state index contributed by atoms with van der Waals surface area (Å²) in [6.45, 7) is 2.28. The molecule has 0 aromatic heterocycles. The van der Waals surface area contributed by atoms with Gasteiger partial charge in [-0.1, -0.05) is 24.3 Å². The van der Waals surface area contributed by atoms with E-state index < -0.39 is 0 Å². The fraction of sp³-hybridized carbons (Fsp3) is 0.294. The van der Waals surface area contributed by atoms with Gasteiger partial charge in [0.05, 0.1) is 0 Å². The van der Waals surface area contributed by atoms with Crippen LogP contribution in [0, 0.1) is 0 Å². The smallest absolute Gasteiger partial charge is 0.161 e. The Morgan fingerprint density at radius 3 is 2.62 bits per heavy atom. The fourth-order valence-corrected chi connectivity index (χ4v) is 2.34. The first kappa shape index (κ1) is 13.8. The van der Waals surface area contributed by atoms with Crippen LogP contribution in [0.15, 0.2) is 48.5 Å². The molecule has 3 rings (SSSR count). The summed E-state index contributed by atoms with van der Waals surface area (Å²) in [6.07, 6.45) is 1.04. The predicted octanol–water partition coefficient (Wildman–Crippen LogP) is 2.24. The second-order valence-electron chi connectivity index (χ2n) is 5.19. The fourth-order valence-electron chi connectivity index (χ4n) is 2.34. The maximum atomic E-state index is 5.90. The standard InChI is InChI=1S/C17H20N2O2/c18-14-7-5-13(6-8-14)9-10-19-11-15-12-20-16-3-1-2-4-17(16)21-15/h1-8,15,19H,9-12,18H2. The normalized spacial score (nSPS) is 16.7. The summed E-state index contributed by atoms with van der Waals surface area (Å²) in [6, 6.07) is 15.8. The molecule has 0 aliphatic carbocycles. The average Bonchev–Trinajstić information content (AvgIpc) is 2.53. The van der Waals surface area contributed by atoms with E-state index in [1.807, 2.05) is 36.4 Å². The molecule has 0 amide bonds. The first-order valence-electron chi connectivity index (χ1n) is 7.25.